The normalized spacial score (nSPS) is 15.1. The number of methoxy groups -OCH3 is 1. The summed E-state index contributed by atoms with van der Waals surface area (Å²) in [4.78, 5) is 42.5. The van der Waals surface area contributed by atoms with Gasteiger partial charge in [0.25, 0.3) is 5.91 Å². The molecule has 0 aromatic heterocycles. The van der Waals surface area contributed by atoms with Gasteiger partial charge in [-0.25, -0.2) is 4.79 Å². The highest BCUT2D eigenvalue weighted by molar-refractivity contribution is 5.99. The molecule has 1 aliphatic carbocycles. The van der Waals surface area contributed by atoms with E-state index in [0.29, 0.717) is 22.6 Å². The highest BCUT2D eigenvalue weighted by Gasteiger charge is 2.43. The zero-order valence-corrected chi connectivity index (χ0v) is 23.9. The van der Waals surface area contributed by atoms with Crippen LogP contribution in [0.5, 0.6) is 11.5 Å². The van der Waals surface area contributed by atoms with Crippen LogP contribution in [-0.4, -0.2) is 52.7 Å². The van der Waals surface area contributed by atoms with E-state index >= 15 is 0 Å². The van der Waals surface area contributed by atoms with Gasteiger partial charge in [-0.1, -0.05) is 19.9 Å². The monoisotopic (exact) mass is 539 g/mol. The number of carbonyl (C=O) groups excluding carboxylic acids is 3. The van der Waals surface area contributed by atoms with Crippen molar-refractivity contribution in [3.05, 3.63) is 53.6 Å². The Morgan fingerprint density at radius 2 is 1.69 bits per heavy atom. The fourth-order valence-electron chi connectivity index (χ4n) is 4.46. The average Bonchev–Trinajstić information content (AvgIpc) is 2.82. The summed E-state index contributed by atoms with van der Waals surface area (Å²) in [6.45, 7) is 10.7. The predicted octanol–water partition coefficient (Wildman–Crippen LogP) is 5.32. The van der Waals surface area contributed by atoms with Gasteiger partial charge in [0.05, 0.1) is 7.11 Å². The molecule has 2 unspecified atom stereocenters. The van der Waals surface area contributed by atoms with Gasteiger partial charge in [0, 0.05) is 11.7 Å². The number of amides is 3. The zero-order valence-electron chi connectivity index (χ0n) is 23.9. The molecular formula is C30H41N3O6. The lowest BCUT2D eigenvalue weighted by Crippen LogP contribution is -2.58. The Balaban J connectivity index is 2.02. The molecule has 3 rings (SSSR count). The van der Waals surface area contributed by atoms with E-state index in [1.807, 2.05) is 13.8 Å². The Bertz CT molecular complexity index is 1170. The summed E-state index contributed by atoms with van der Waals surface area (Å²) in [5.41, 5.74) is 0.973. The highest BCUT2D eigenvalue weighted by atomic mass is 16.6. The predicted molar refractivity (Wildman–Crippen MR) is 150 cm³/mol. The maximum atomic E-state index is 14.2. The molecule has 1 fully saturated rings. The average molecular weight is 540 g/mol. The van der Waals surface area contributed by atoms with Crippen LogP contribution in [0.25, 0.3) is 0 Å². The van der Waals surface area contributed by atoms with E-state index < -0.39 is 29.7 Å². The Kier molecular flexibility index (Phi) is 9.48. The molecule has 2 aromatic carbocycles. The van der Waals surface area contributed by atoms with Gasteiger partial charge in [0.2, 0.25) is 5.91 Å². The third-order valence-electron chi connectivity index (χ3n) is 6.75. The number of aryl methyl sites for hydroxylation is 1. The second-order valence-corrected chi connectivity index (χ2v) is 11.4. The number of phenols is 1. The molecule has 2 aromatic rings. The maximum Gasteiger partial charge on any atom is 0.408 e. The van der Waals surface area contributed by atoms with Crippen LogP contribution < -0.4 is 15.4 Å². The molecule has 0 radical (unpaired) electrons. The van der Waals surface area contributed by atoms with Crippen molar-refractivity contribution in [3.8, 4) is 11.5 Å². The van der Waals surface area contributed by atoms with Crippen LogP contribution in [-0.2, 0) is 14.3 Å². The van der Waals surface area contributed by atoms with Crippen molar-refractivity contribution in [2.75, 3.05) is 12.4 Å². The molecular weight excluding hydrogens is 498 g/mol. The lowest BCUT2D eigenvalue weighted by atomic mass is 9.87. The van der Waals surface area contributed by atoms with E-state index in [0.717, 1.165) is 19.3 Å². The van der Waals surface area contributed by atoms with Crippen LogP contribution in [0.3, 0.4) is 0 Å². The second-order valence-electron chi connectivity index (χ2n) is 11.4. The molecule has 9 nitrogen and oxygen atoms in total. The van der Waals surface area contributed by atoms with Crippen LogP contribution in [0.15, 0.2) is 42.5 Å². The summed E-state index contributed by atoms with van der Waals surface area (Å²) >= 11 is 0. The summed E-state index contributed by atoms with van der Waals surface area (Å²) < 4.78 is 10.6. The smallest absolute Gasteiger partial charge is 0.408 e. The molecule has 1 saturated carbocycles. The van der Waals surface area contributed by atoms with Crippen molar-refractivity contribution < 1.29 is 29.0 Å². The van der Waals surface area contributed by atoms with Crippen LogP contribution in [0, 0.1) is 12.8 Å². The Morgan fingerprint density at radius 1 is 1.05 bits per heavy atom. The van der Waals surface area contributed by atoms with E-state index in [1.54, 1.807) is 76.1 Å². The number of benzene rings is 2. The summed E-state index contributed by atoms with van der Waals surface area (Å²) in [6.07, 6.45) is 1.73. The summed E-state index contributed by atoms with van der Waals surface area (Å²) in [6, 6.07) is 9.76. The third-order valence-corrected chi connectivity index (χ3v) is 6.75. The van der Waals surface area contributed by atoms with Crippen LogP contribution >= 0.6 is 0 Å². The highest BCUT2D eigenvalue weighted by Crippen LogP contribution is 2.36. The summed E-state index contributed by atoms with van der Waals surface area (Å²) in [5.74, 6) is -0.273. The third kappa shape index (κ3) is 7.65. The first-order valence-electron chi connectivity index (χ1n) is 13.4. The summed E-state index contributed by atoms with van der Waals surface area (Å²) in [7, 11) is 1.56. The standard InChI is InChI=1S/C30H41N3O6/c1-18(2)25(32-29(37)39-30(4,5)6)28(36)33(22-9-8-10-22)26(20-11-16-24(34)19(3)17-20)27(35)31-21-12-14-23(38-7)15-13-21/h11-18,22,25-26,34H,8-10H2,1-7H3,(H,31,35)(H,32,37). The molecule has 0 spiro atoms. The van der Waals surface area contributed by atoms with Gasteiger partial charge in [0.1, 0.15) is 29.2 Å². The number of nitrogens with one attached hydrogen (secondary N) is 2. The van der Waals surface area contributed by atoms with Crippen molar-refractivity contribution >= 4 is 23.6 Å². The molecule has 2 atom stereocenters. The van der Waals surface area contributed by atoms with E-state index in [-0.39, 0.29) is 23.6 Å². The number of alkyl carbamates (subject to hydrolysis) is 1. The number of ether oxygens (including phenoxy) is 2. The van der Waals surface area contributed by atoms with E-state index in [1.165, 1.54) is 6.07 Å². The molecule has 0 aliphatic heterocycles. The molecule has 1 aliphatic rings. The molecule has 3 amide bonds. The molecule has 0 saturated heterocycles. The quantitative estimate of drug-likeness (QED) is 0.397. The van der Waals surface area contributed by atoms with Crippen molar-refractivity contribution in [2.24, 2.45) is 5.92 Å². The summed E-state index contributed by atoms with van der Waals surface area (Å²) in [5, 5.41) is 15.8. The number of rotatable bonds is 9. The number of hydrogen-bond donors (Lipinski definition) is 3. The number of phenolic OH excluding ortho intramolecular Hbond substituents is 1. The zero-order chi connectivity index (χ0) is 28.9. The fourth-order valence-corrected chi connectivity index (χ4v) is 4.46. The first kappa shape index (κ1) is 29.8. The Labute approximate surface area is 230 Å². The minimum atomic E-state index is -0.995. The minimum absolute atomic E-state index is 0.0984. The number of hydrogen-bond acceptors (Lipinski definition) is 6. The first-order valence-corrected chi connectivity index (χ1v) is 13.4. The van der Waals surface area contributed by atoms with Gasteiger partial charge in [-0.05, 0) is 100 Å². The van der Waals surface area contributed by atoms with Gasteiger partial charge in [-0.15, -0.1) is 0 Å². The van der Waals surface area contributed by atoms with Gasteiger partial charge in [-0.2, -0.15) is 0 Å². The Hall–Kier alpha value is -3.75. The largest absolute Gasteiger partial charge is 0.508 e. The van der Waals surface area contributed by atoms with Crippen molar-refractivity contribution in [3.63, 3.8) is 0 Å². The number of aromatic hydroxyl groups is 1. The lowest BCUT2D eigenvalue weighted by molar-refractivity contribution is -0.146. The van der Waals surface area contributed by atoms with Crippen LogP contribution in [0.2, 0.25) is 0 Å². The maximum absolute atomic E-state index is 14.2. The lowest BCUT2D eigenvalue weighted by Gasteiger charge is -2.44. The number of anilines is 1. The second kappa shape index (κ2) is 12.4. The van der Waals surface area contributed by atoms with Crippen molar-refractivity contribution in [1.82, 2.24) is 10.2 Å². The SMILES string of the molecule is COc1ccc(NC(=O)C(c2ccc(O)c(C)c2)N(C(=O)C(NC(=O)OC(C)(C)C)C(C)C)C2CCC2)cc1. The first-order chi connectivity index (χ1) is 18.3. The Morgan fingerprint density at radius 3 is 2.18 bits per heavy atom. The topological polar surface area (TPSA) is 117 Å². The molecule has 212 valence electrons. The van der Waals surface area contributed by atoms with Gasteiger partial charge in [0.15, 0.2) is 0 Å². The van der Waals surface area contributed by atoms with Crippen LogP contribution in [0.1, 0.15) is 71.0 Å². The van der Waals surface area contributed by atoms with Gasteiger partial charge in [-0.3, -0.25) is 9.59 Å². The van der Waals surface area contributed by atoms with Crippen molar-refractivity contribution in [2.45, 2.75) is 84.5 Å². The van der Waals surface area contributed by atoms with E-state index in [4.69, 9.17) is 9.47 Å². The molecule has 0 bridgehead atoms. The van der Waals surface area contributed by atoms with E-state index in [2.05, 4.69) is 10.6 Å². The number of carbonyl (C=O) groups is 3. The van der Waals surface area contributed by atoms with Gasteiger partial charge >= 0.3 is 6.09 Å². The number of nitrogens with zero attached hydrogens (tertiary/aromatic N) is 1. The molecule has 9 heteroatoms. The van der Waals surface area contributed by atoms with Crippen molar-refractivity contribution in [1.29, 1.82) is 0 Å². The fraction of sp³-hybridized carbons (Fsp3) is 0.500. The van der Waals surface area contributed by atoms with Crippen LogP contribution in [0.4, 0.5) is 10.5 Å². The van der Waals surface area contributed by atoms with Gasteiger partial charge < -0.3 is 30.1 Å². The molecule has 0 heterocycles. The molecule has 3 N–H and O–H groups in total. The minimum Gasteiger partial charge on any atom is -0.508 e. The van der Waals surface area contributed by atoms with E-state index in [9.17, 15) is 19.5 Å². The molecule has 39 heavy (non-hydrogen) atoms.